The van der Waals surface area contributed by atoms with E-state index in [1.807, 2.05) is 19.1 Å². The zero-order valence-corrected chi connectivity index (χ0v) is 13.0. The highest BCUT2D eigenvalue weighted by atomic mass is 79.9. The Kier molecular flexibility index (Phi) is 3.19. The van der Waals surface area contributed by atoms with Gasteiger partial charge in [0.25, 0.3) is 0 Å². The zero-order valence-electron chi connectivity index (χ0n) is 9.88. The van der Waals surface area contributed by atoms with Crippen molar-refractivity contribution in [2.45, 2.75) is 6.92 Å². The average Bonchev–Trinajstić information content (AvgIpc) is 2.72. The van der Waals surface area contributed by atoms with Crippen molar-refractivity contribution in [3.8, 4) is 11.5 Å². The number of aromatic nitrogens is 1. The molecule has 2 aromatic carbocycles. The lowest BCUT2D eigenvalue weighted by molar-refractivity contribution is 0.592. The van der Waals surface area contributed by atoms with Gasteiger partial charge in [-0.2, -0.15) is 0 Å². The number of hydrogen-bond acceptors (Lipinski definition) is 2. The fourth-order valence-electron chi connectivity index (χ4n) is 1.90. The van der Waals surface area contributed by atoms with E-state index in [9.17, 15) is 4.39 Å². The molecule has 1 aromatic heterocycles. The van der Waals surface area contributed by atoms with Gasteiger partial charge >= 0.3 is 0 Å². The molecular formula is C14H8Br2FNO. The summed E-state index contributed by atoms with van der Waals surface area (Å²) in [6, 6.07) is 8.64. The SMILES string of the molecule is Cc1cc(Br)c2oc(-c3ccc(Br)cc3F)nc2c1. The third-order valence-corrected chi connectivity index (χ3v) is 3.83. The van der Waals surface area contributed by atoms with E-state index in [4.69, 9.17) is 4.42 Å². The molecular weight excluding hydrogens is 377 g/mol. The van der Waals surface area contributed by atoms with E-state index in [2.05, 4.69) is 36.8 Å². The maximum absolute atomic E-state index is 13.9. The smallest absolute Gasteiger partial charge is 0.230 e. The first-order chi connectivity index (χ1) is 9.04. The maximum Gasteiger partial charge on any atom is 0.230 e. The Morgan fingerprint density at radius 3 is 2.68 bits per heavy atom. The first-order valence-electron chi connectivity index (χ1n) is 5.57. The van der Waals surface area contributed by atoms with Crippen molar-refractivity contribution < 1.29 is 8.81 Å². The van der Waals surface area contributed by atoms with E-state index in [0.29, 0.717) is 21.1 Å². The van der Waals surface area contributed by atoms with Crippen molar-refractivity contribution in [2.24, 2.45) is 0 Å². The number of fused-ring (bicyclic) bond motifs is 1. The molecule has 0 amide bonds. The van der Waals surface area contributed by atoms with Crippen LogP contribution in [0.25, 0.3) is 22.6 Å². The number of hydrogen-bond donors (Lipinski definition) is 0. The van der Waals surface area contributed by atoms with E-state index in [1.54, 1.807) is 12.1 Å². The summed E-state index contributed by atoms with van der Waals surface area (Å²) in [4.78, 5) is 4.34. The van der Waals surface area contributed by atoms with Crippen LogP contribution in [0.5, 0.6) is 0 Å². The summed E-state index contributed by atoms with van der Waals surface area (Å²) in [6.07, 6.45) is 0. The van der Waals surface area contributed by atoms with Gasteiger partial charge in [0.2, 0.25) is 5.89 Å². The molecule has 1 heterocycles. The van der Waals surface area contributed by atoms with Crippen molar-refractivity contribution in [1.29, 1.82) is 0 Å². The predicted octanol–water partition coefficient (Wildman–Crippen LogP) is 5.47. The molecule has 0 atom stereocenters. The van der Waals surface area contributed by atoms with Gasteiger partial charge in [-0.25, -0.2) is 9.37 Å². The number of rotatable bonds is 1. The molecule has 19 heavy (non-hydrogen) atoms. The number of benzene rings is 2. The number of nitrogens with zero attached hydrogens (tertiary/aromatic N) is 1. The Balaban J connectivity index is 2.23. The van der Waals surface area contributed by atoms with Crippen LogP contribution in [0.15, 0.2) is 43.7 Å². The van der Waals surface area contributed by atoms with E-state index in [0.717, 1.165) is 10.0 Å². The topological polar surface area (TPSA) is 26.0 Å². The summed E-state index contributed by atoms with van der Waals surface area (Å²) in [5, 5.41) is 0. The number of halogens is 3. The second-order valence-corrected chi connectivity index (χ2v) is 6.01. The van der Waals surface area contributed by atoms with Crippen molar-refractivity contribution in [1.82, 2.24) is 4.98 Å². The summed E-state index contributed by atoms with van der Waals surface area (Å²) >= 11 is 6.65. The molecule has 0 aliphatic heterocycles. The standard InChI is InChI=1S/C14H8Br2FNO/c1-7-4-10(16)13-12(5-7)18-14(19-13)9-3-2-8(15)6-11(9)17/h2-6H,1H3. The Hall–Kier alpha value is -1.20. The van der Waals surface area contributed by atoms with Gasteiger partial charge in [0, 0.05) is 4.47 Å². The van der Waals surface area contributed by atoms with Gasteiger partial charge in [0.05, 0.1) is 10.0 Å². The second kappa shape index (κ2) is 4.72. The molecule has 96 valence electrons. The highest BCUT2D eigenvalue weighted by molar-refractivity contribution is 9.11. The minimum absolute atomic E-state index is 0.284. The first-order valence-corrected chi connectivity index (χ1v) is 7.15. The van der Waals surface area contributed by atoms with E-state index >= 15 is 0 Å². The zero-order chi connectivity index (χ0) is 13.6. The van der Waals surface area contributed by atoms with Crippen LogP contribution in [0.2, 0.25) is 0 Å². The Morgan fingerprint density at radius 1 is 1.16 bits per heavy atom. The largest absolute Gasteiger partial charge is 0.435 e. The molecule has 0 N–H and O–H groups in total. The lowest BCUT2D eigenvalue weighted by Crippen LogP contribution is -1.83. The summed E-state index contributed by atoms with van der Waals surface area (Å²) < 4.78 is 21.1. The molecule has 0 radical (unpaired) electrons. The molecule has 3 rings (SSSR count). The predicted molar refractivity (Wildman–Crippen MR) is 79.5 cm³/mol. The lowest BCUT2D eigenvalue weighted by Gasteiger charge is -1.98. The van der Waals surface area contributed by atoms with Gasteiger partial charge in [-0.15, -0.1) is 0 Å². The van der Waals surface area contributed by atoms with Crippen LogP contribution in [0.3, 0.4) is 0 Å². The van der Waals surface area contributed by atoms with Crippen LogP contribution in [-0.4, -0.2) is 4.98 Å². The van der Waals surface area contributed by atoms with Crippen LogP contribution in [0.4, 0.5) is 4.39 Å². The normalized spacial score (nSPS) is 11.2. The van der Waals surface area contributed by atoms with Gasteiger partial charge in [0.1, 0.15) is 11.3 Å². The van der Waals surface area contributed by atoms with Crippen LogP contribution < -0.4 is 0 Å². The monoisotopic (exact) mass is 383 g/mol. The quantitative estimate of drug-likeness (QED) is 0.556. The van der Waals surface area contributed by atoms with Gasteiger partial charge in [-0.1, -0.05) is 15.9 Å². The van der Waals surface area contributed by atoms with Gasteiger partial charge in [-0.3, -0.25) is 0 Å². The van der Waals surface area contributed by atoms with E-state index in [-0.39, 0.29) is 11.7 Å². The highest BCUT2D eigenvalue weighted by Crippen LogP contribution is 2.32. The summed E-state index contributed by atoms with van der Waals surface area (Å²) in [5.41, 5.74) is 2.76. The molecule has 3 aromatic rings. The van der Waals surface area contributed by atoms with Crippen LogP contribution in [0, 0.1) is 12.7 Å². The van der Waals surface area contributed by atoms with E-state index < -0.39 is 0 Å². The summed E-state index contributed by atoms with van der Waals surface area (Å²) in [5.74, 6) is -0.0833. The number of aryl methyl sites for hydroxylation is 1. The van der Waals surface area contributed by atoms with Crippen LogP contribution >= 0.6 is 31.9 Å². The molecule has 0 spiro atoms. The summed E-state index contributed by atoms with van der Waals surface area (Å²) in [7, 11) is 0. The molecule has 0 saturated heterocycles. The highest BCUT2D eigenvalue weighted by Gasteiger charge is 2.14. The molecule has 5 heteroatoms. The third kappa shape index (κ3) is 2.32. The van der Waals surface area contributed by atoms with Gasteiger partial charge < -0.3 is 4.42 Å². The first kappa shape index (κ1) is 12.8. The molecule has 2 nitrogen and oxygen atoms in total. The molecule has 0 unspecified atom stereocenters. The van der Waals surface area contributed by atoms with Crippen molar-refractivity contribution in [3.05, 3.63) is 50.7 Å². The fraction of sp³-hybridized carbons (Fsp3) is 0.0714. The Morgan fingerprint density at radius 2 is 1.95 bits per heavy atom. The summed E-state index contributed by atoms with van der Waals surface area (Å²) in [6.45, 7) is 1.97. The van der Waals surface area contributed by atoms with Gasteiger partial charge in [0.15, 0.2) is 5.58 Å². The fourth-order valence-corrected chi connectivity index (χ4v) is 2.88. The maximum atomic E-state index is 13.9. The minimum Gasteiger partial charge on any atom is -0.435 e. The van der Waals surface area contributed by atoms with Gasteiger partial charge in [-0.05, 0) is 58.7 Å². The minimum atomic E-state index is -0.367. The second-order valence-electron chi connectivity index (χ2n) is 4.24. The molecule has 0 saturated carbocycles. The Labute approximate surface area is 125 Å². The van der Waals surface area contributed by atoms with Crippen molar-refractivity contribution in [2.75, 3.05) is 0 Å². The lowest BCUT2D eigenvalue weighted by atomic mass is 10.2. The molecule has 0 bridgehead atoms. The molecule has 0 aliphatic carbocycles. The Bertz CT molecular complexity index is 782. The average molecular weight is 385 g/mol. The van der Waals surface area contributed by atoms with Crippen LogP contribution in [0.1, 0.15) is 5.56 Å². The molecule has 0 fully saturated rings. The van der Waals surface area contributed by atoms with E-state index in [1.165, 1.54) is 6.07 Å². The third-order valence-electron chi connectivity index (χ3n) is 2.75. The number of oxazole rings is 1. The van der Waals surface area contributed by atoms with Crippen molar-refractivity contribution >= 4 is 43.0 Å². The van der Waals surface area contributed by atoms with Crippen molar-refractivity contribution in [3.63, 3.8) is 0 Å². The van der Waals surface area contributed by atoms with Crippen LogP contribution in [-0.2, 0) is 0 Å². The molecule has 0 aliphatic rings.